The van der Waals surface area contributed by atoms with Crippen LogP contribution in [0.15, 0.2) is 30.3 Å². The van der Waals surface area contributed by atoms with E-state index in [0.717, 1.165) is 43.0 Å². The number of hydrogen-bond acceptors (Lipinski definition) is 5. The number of alkyl halides is 1. The van der Waals surface area contributed by atoms with Crippen LogP contribution in [0, 0.1) is 11.6 Å². The van der Waals surface area contributed by atoms with E-state index >= 15 is 4.39 Å². The molecule has 1 aromatic heterocycles. The Kier molecular flexibility index (Phi) is 8.13. The van der Waals surface area contributed by atoms with E-state index in [1.807, 2.05) is 11.0 Å². The van der Waals surface area contributed by atoms with E-state index in [2.05, 4.69) is 21.7 Å². The van der Waals surface area contributed by atoms with Crippen LogP contribution in [0.2, 0.25) is 0 Å². The molecule has 2 aliphatic heterocycles. The predicted molar refractivity (Wildman–Crippen MR) is 129 cm³/mol. The van der Waals surface area contributed by atoms with Gasteiger partial charge in [0, 0.05) is 37.0 Å². The van der Waals surface area contributed by atoms with Crippen molar-refractivity contribution in [2.24, 2.45) is 0 Å². The highest BCUT2D eigenvalue weighted by atomic mass is 19.1. The maximum Gasteiger partial charge on any atom is 0.326 e. The smallest absolute Gasteiger partial charge is 0.326 e. The number of pyridine rings is 1. The lowest BCUT2D eigenvalue weighted by Gasteiger charge is -2.38. The van der Waals surface area contributed by atoms with Crippen LogP contribution < -0.4 is 10.6 Å². The van der Waals surface area contributed by atoms with Crippen molar-refractivity contribution in [1.82, 2.24) is 15.2 Å². The van der Waals surface area contributed by atoms with Gasteiger partial charge < -0.3 is 20.6 Å². The number of likely N-dealkylation sites (tertiary alicyclic amines) is 1. The molecule has 1 saturated heterocycles. The fraction of sp³-hybridized carbons (Fsp3) is 0.500. The number of hydrogen-bond donors (Lipinski definition) is 3. The topological polar surface area (TPSA) is 94.6 Å². The lowest BCUT2D eigenvalue weighted by molar-refractivity contribution is -0.139. The number of carbonyl (C=O) groups excluding carboxylic acids is 1. The molecule has 1 unspecified atom stereocenters. The second-order valence-corrected chi connectivity index (χ2v) is 9.68. The van der Waals surface area contributed by atoms with Gasteiger partial charge in [-0.15, -0.1) is 0 Å². The van der Waals surface area contributed by atoms with Gasteiger partial charge in [0.05, 0.1) is 0 Å². The quantitative estimate of drug-likeness (QED) is 0.482. The van der Waals surface area contributed by atoms with Crippen molar-refractivity contribution in [3.63, 3.8) is 0 Å². The van der Waals surface area contributed by atoms with Crippen molar-refractivity contribution >= 4 is 17.7 Å². The number of amides is 1. The van der Waals surface area contributed by atoms with Crippen molar-refractivity contribution in [3.8, 4) is 0 Å². The van der Waals surface area contributed by atoms with Crippen LogP contribution in [-0.4, -0.2) is 64.8 Å². The molecule has 1 aromatic carbocycles. The van der Waals surface area contributed by atoms with Gasteiger partial charge in [0.25, 0.3) is 5.91 Å². The van der Waals surface area contributed by atoms with Crippen molar-refractivity contribution < 1.29 is 27.9 Å². The van der Waals surface area contributed by atoms with Crippen LogP contribution in [0.1, 0.15) is 53.7 Å². The Labute approximate surface area is 208 Å². The van der Waals surface area contributed by atoms with Crippen LogP contribution in [-0.2, 0) is 17.6 Å². The molecular formula is C26H31F3N4O3. The van der Waals surface area contributed by atoms with E-state index < -0.39 is 35.2 Å². The second kappa shape index (κ2) is 11.3. The highest BCUT2D eigenvalue weighted by Crippen LogP contribution is 2.31. The molecule has 1 fully saturated rings. The molecule has 3 heterocycles. The lowest BCUT2D eigenvalue weighted by atomic mass is 9.89. The summed E-state index contributed by atoms with van der Waals surface area (Å²) in [5.41, 5.74) is 0.321. The maximum absolute atomic E-state index is 15.7. The number of aromatic nitrogens is 1. The molecule has 3 N–H and O–H groups in total. The number of halogens is 3. The second-order valence-electron chi connectivity index (χ2n) is 9.68. The SMILES string of the molecule is O=C(NC(CCN1CCC[C@@](F)(CCc2ccc3c(n2)NCCC3)C1)C(=O)O)c1cc(F)cc(F)c1. The van der Waals surface area contributed by atoms with Gasteiger partial charge in [-0.1, -0.05) is 6.07 Å². The summed E-state index contributed by atoms with van der Waals surface area (Å²) in [5.74, 6) is -3.12. The number of nitrogens with one attached hydrogen (secondary N) is 2. The number of carbonyl (C=O) groups is 2. The number of nitrogens with zero attached hydrogens (tertiary/aromatic N) is 2. The normalized spacial score (nSPS) is 20.8. The minimum atomic E-state index is -1.41. The summed E-state index contributed by atoms with van der Waals surface area (Å²) in [4.78, 5) is 30.5. The molecule has 7 nitrogen and oxygen atoms in total. The van der Waals surface area contributed by atoms with Gasteiger partial charge >= 0.3 is 5.97 Å². The maximum atomic E-state index is 15.7. The summed E-state index contributed by atoms with van der Waals surface area (Å²) in [6.45, 7) is 1.96. The average molecular weight is 505 g/mol. The molecule has 0 aliphatic carbocycles. The van der Waals surface area contributed by atoms with E-state index in [-0.39, 0.29) is 25.1 Å². The molecule has 2 atom stereocenters. The molecule has 2 aromatic rings. The number of benzene rings is 1. The van der Waals surface area contributed by atoms with Crippen LogP contribution in [0.25, 0.3) is 0 Å². The molecule has 0 radical (unpaired) electrons. The van der Waals surface area contributed by atoms with E-state index in [4.69, 9.17) is 0 Å². The van der Waals surface area contributed by atoms with Gasteiger partial charge in [0.1, 0.15) is 29.2 Å². The monoisotopic (exact) mass is 504 g/mol. The molecule has 4 rings (SSSR count). The first-order valence-electron chi connectivity index (χ1n) is 12.3. The summed E-state index contributed by atoms with van der Waals surface area (Å²) in [7, 11) is 0. The number of rotatable bonds is 9. The zero-order chi connectivity index (χ0) is 25.7. The fourth-order valence-corrected chi connectivity index (χ4v) is 4.93. The number of aryl methyl sites for hydroxylation is 2. The zero-order valence-corrected chi connectivity index (χ0v) is 20.0. The predicted octanol–water partition coefficient (Wildman–Crippen LogP) is 3.73. The molecule has 0 saturated carbocycles. The molecule has 0 spiro atoms. The summed E-state index contributed by atoms with van der Waals surface area (Å²) < 4.78 is 42.5. The van der Waals surface area contributed by atoms with E-state index in [0.29, 0.717) is 38.3 Å². The average Bonchev–Trinajstić information content (AvgIpc) is 2.84. The Morgan fingerprint density at radius 2 is 1.97 bits per heavy atom. The third kappa shape index (κ3) is 6.75. The Morgan fingerprint density at radius 1 is 1.19 bits per heavy atom. The molecule has 1 amide bonds. The Hall–Kier alpha value is -3.14. The largest absolute Gasteiger partial charge is 0.480 e. The lowest BCUT2D eigenvalue weighted by Crippen LogP contribution is -2.48. The van der Waals surface area contributed by atoms with Crippen LogP contribution in [0.5, 0.6) is 0 Å². The number of anilines is 1. The first-order valence-corrected chi connectivity index (χ1v) is 12.3. The molecular weight excluding hydrogens is 473 g/mol. The highest BCUT2D eigenvalue weighted by Gasteiger charge is 2.35. The van der Waals surface area contributed by atoms with Crippen LogP contribution >= 0.6 is 0 Å². The van der Waals surface area contributed by atoms with Crippen LogP contribution in [0.3, 0.4) is 0 Å². The molecule has 36 heavy (non-hydrogen) atoms. The van der Waals surface area contributed by atoms with Gasteiger partial charge in [0.2, 0.25) is 0 Å². The Morgan fingerprint density at radius 3 is 2.72 bits per heavy atom. The van der Waals surface area contributed by atoms with Crippen molar-refractivity contribution in [2.45, 2.75) is 56.7 Å². The molecule has 2 aliphatic rings. The van der Waals surface area contributed by atoms with Gasteiger partial charge in [-0.2, -0.15) is 0 Å². The van der Waals surface area contributed by atoms with Crippen molar-refractivity contribution in [1.29, 1.82) is 0 Å². The Balaban J connectivity index is 1.30. The van der Waals surface area contributed by atoms with Gasteiger partial charge in [-0.05, 0) is 75.3 Å². The number of piperidine rings is 1. The molecule has 194 valence electrons. The molecule has 10 heteroatoms. The third-order valence-electron chi connectivity index (χ3n) is 6.85. The fourth-order valence-electron chi connectivity index (χ4n) is 4.93. The van der Waals surface area contributed by atoms with Crippen molar-refractivity contribution in [3.05, 3.63) is 58.8 Å². The minimum Gasteiger partial charge on any atom is -0.480 e. The van der Waals surface area contributed by atoms with E-state index in [1.54, 1.807) is 0 Å². The summed E-state index contributed by atoms with van der Waals surface area (Å²) in [6, 6.07) is 5.05. The number of carboxylic acids is 1. The highest BCUT2D eigenvalue weighted by molar-refractivity contribution is 5.96. The standard InChI is InChI=1S/C26H31F3N4O3/c27-19-13-18(14-20(28)15-19)24(34)32-22(25(35)36)7-12-33-11-2-8-26(29,16-33)9-6-21-5-4-17-3-1-10-30-23(17)31-21/h4-5,13-15,22H,1-3,6-12,16H2,(H,30,31)(H,32,34)(H,35,36)/t22?,26-/m1/s1. The summed E-state index contributed by atoms with van der Waals surface area (Å²) >= 11 is 0. The van der Waals surface area contributed by atoms with E-state index in [9.17, 15) is 23.5 Å². The first kappa shape index (κ1) is 25.9. The minimum absolute atomic E-state index is 0.0347. The third-order valence-corrected chi connectivity index (χ3v) is 6.85. The van der Waals surface area contributed by atoms with Gasteiger partial charge in [0.15, 0.2) is 0 Å². The number of aliphatic carboxylic acids is 1. The number of carboxylic acid groups (broad SMARTS) is 1. The summed E-state index contributed by atoms with van der Waals surface area (Å²) in [6.07, 6.45) is 4.00. The first-order chi connectivity index (χ1) is 17.2. The Bertz CT molecular complexity index is 1100. The van der Waals surface area contributed by atoms with E-state index in [1.165, 1.54) is 5.56 Å². The van der Waals surface area contributed by atoms with Gasteiger partial charge in [-0.25, -0.2) is 22.9 Å². The number of fused-ring (bicyclic) bond motifs is 1. The van der Waals surface area contributed by atoms with Gasteiger partial charge in [-0.3, -0.25) is 4.79 Å². The zero-order valence-electron chi connectivity index (χ0n) is 20.0. The summed E-state index contributed by atoms with van der Waals surface area (Å²) in [5, 5.41) is 15.1. The molecule has 0 bridgehead atoms. The van der Waals surface area contributed by atoms with Crippen molar-refractivity contribution in [2.75, 3.05) is 31.5 Å². The van der Waals surface area contributed by atoms with Crippen LogP contribution in [0.4, 0.5) is 19.0 Å².